The van der Waals surface area contributed by atoms with Crippen LogP contribution >= 0.6 is 0 Å². The van der Waals surface area contributed by atoms with Gasteiger partial charge in [0.05, 0.1) is 6.61 Å². The Balaban J connectivity index is 2.70. The van der Waals surface area contributed by atoms with Crippen molar-refractivity contribution in [2.45, 2.75) is 37.8 Å². The van der Waals surface area contributed by atoms with E-state index in [-0.39, 0.29) is 6.61 Å². The van der Waals surface area contributed by atoms with E-state index < -0.39 is 29.9 Å². The van der Waals surface area contributed by atoms with Crippen molar-refractivity contribution >= 4 is 5.97 Å². The standard InChI is InChI=1S/C8H12F2O5/c1-7(2)14-3-4(15-7)5(11)8(9,10)6(12)13/h4-5,11H,3H2,1-2H3,(H,12,13)/t4-,5+/m1/s1. The number of hydrogen-bond acceptors (Lipinski definition) is 4. The smallest absolute Gasteiger partial charge is 0.377 e. The maximum atomic E-state index is 12.9. The fourth-order valence-corrected chi connectivity index (χ4v) is 1.23. The van der Waals surface area contributed by atoms with Crippen LogP contribution in [-0.4, -0.2) is 46.7 Å². The van der Waals surface area contributed by atoms with E-state index in [9.17, 15) is 13.6 Å². The molecule has 1 saturated heterocycles. The molecule has 0 radical (unpaired) electrons. The van der Waals surface area contributed by atoms with Gasteiger partial charge in [0.15, 0.2) is 11.9 Å². The number of hydrogen-bond donors (Lipinski definition) is 2. The predicted octanol–water partition coefficient (Wildman–Crippen LogP) is 0.219. The third kappa shape index (κ3) is 2.42. The molecule has 1 heterocycles. The fourth-order valence-electron chi connectivity index (χ4n) is 1.23. The van der Waals surface area contributed by atoms with Gasteiger partial charge in [0.25, 0.3) is 0 Å². The molecule has 2 atom stereocenters. The van der Waals surface area contributed by atoms with Gasteiger partial charge in [0, 0.05) is 0 Å². The first-order valence-electron chi connectivity index (χ1n) is 4.28. The summed E-state index contributed by atoms with van der Waals surface area (Å²) in [5.74, 6) is -7.71. The van der Waals surface area contributed by atoms with Crippen LogP contribution in [0, 0.1) is 0 Å². The molecule has 1 aliphatic heterocycles. The first-order chi connectivity index (χ1) is 6.67. The average Bonchev–Trinajstić information content (AvgIpc) is 2.44. The third-order valence-corrected chi connectivity index (χ3v) is 2.04. The minimum absolute atomic E-state index is 0.267. The summed E-state index contributed by atoms with van der Waals surface area (Å²) in [4.78, 5) is 10.2. The number of ether oxygens (including phenoxy) is 2. The molecule has 88 valence electrons. The molecule has 1 aliphatic rings. The van der Waals surface area contributed by atoms with E-state index in [0.29, 0.717) is 0 Å². The van der Waals surface area contributed by atoms with Gasteiger partial charge in [-0.3, -0.25) is 0 Å². The summed E-state index contributed by atoms with van der Waals surface area (Å²) in [7, 11) is 0. The highest BCUT2D eigenvalue weighted by molar-refractivity contribution is 5.76. The zero-order valence-corrected chi connectivity index (χ0v) is 8.24. The SMILES string of the molecule is CC1(C)OC[C@H]([C@H](O)C(F)(F)C(=O)O)O1. The lowest BCUT2D eigenvalue weighted by molar-refractivity contribution is -0.206. The van der Waals surface area contributed by atoms with Crippen molar-refractivity contribution in [3.63, 3.8) is 0 Å². The van der Waals surface area contributed by atoms with Gasteiger partial charge in [-0.2, -0.15) is 8.78 Å². The zero-order valence-electron chi connectivity index (χ0n) is 8.24. The Morgan fingerprint density at radius 2 is 2.13 bits per heavy atom. The van der Waals surface area contributed by atoms with E-state index >= 15 is 0 Å². The van der Waals surface area contributed by atoms with Crippen molar-refractivity contribution < 1.29 is 33.3 Å². The second-order valence-corrected chi connectivity index (χ2v) is 3.74. The minimum Gasteiger partial charge on any atom is -0.477 e. The minimum atomic E-state index is -4.24. The van der Waals surface area contributed by atoms with Gasteiger partial charge in [-0.25, -0.2) is 4.79 Å². The van der Waals surface area contributed by atoms with Gasteiger partial charge in [0.1, 0.15) is 6.10 Å². The molecule has 7 heteroatoms. The van der Waals surface area contributed by atoms with Crippen LogP contribution in [-0.2, 0) is 14.3 Å². The predicted molar refractivity (Wildman–Crippen MR) is 43.5 cm³/mol. The van der Waals surface area contributed by atoms with Gasteiger partial charge in [0.2, 0.25) is 0 Å². The molecule has 15 heavy (non-hydrogen) atoms. The van der Waals surface area contributed by atoms with Crippen LogP contribution in [0.1, 0.15) is 13.8 Å². The number of aliphatic carboxylic acids is 1. The molecular weight excluding hydrogens is 214 g/mol. The van der Waals surface area contributed by atoms with Crippen molar-refractivity contribution in [2.24, 2.45) is 0 Å². The van der Waals surface area contributed by atoms with Crippen molar-refractivity contribution in [1.82, 2.24) is 0 Å². The summed E-state index contributed by atoms with van der Waals surface area (Å²) in [5, 5.41) is 17.3. The molecule has 0 aromatic rings. The van der Waals surface area contributed by atoms with Crippen LogP contribution in [0.3, 0.4) is 0 Å². The first kappa shape index (κ1) is 12.3. The van der Waals surface area contributed by atoms with E-state index in [0.717, 1.165) is 0 Å². The molecule has 0 aromatic carbocycles. The van der Waals surface area contributed by atoms with Gasteiger partial charge >= 0.3 is 11.9 Å². The fraction of sp³-hybridized carbons (Fsp3) is 0.875. The molecule has 0 amide bonds. The summed E-state index contributed by atoms with van der Waals surface area (Å²) < 4.78 is 35.6. The Bertz CT molecular complexity index is 266. The third-order valence-electron chi connectivity index (χ3n) is 2.04. The van der Waals surface area contributed by atoms with E-state index in [1.807, 2.05) is 0 Å². The largest absolute Gasteiger partial charge is 0.477 e. The highest BCUT2D eigenvalue weighted by Crippen LogP contribution is 2.30. The van der Waals surface area contributed by atoms with E-state index in [4.69, 9.17) is 19.7 Å². The Hall–Kier alpha value is -0.790. The van der Waals surface area contributed by atoms with E-state index in [1.54, 1.807) is 0 Å². The van der Waals surface area contributed by atoms with Crippen molar-refractivity contribution in [3.8, 4) is 0 Å². The Labute approximate surface area is 84.6 Å². The molecule has 5 nitrogen and oxygen atoms in total. The number of alkyl halides is 2. The molecule has 1 rings (SSSR count). The monoisotopic (exact) mass is 226 g/mol. The van der Waals surface area contributed by atoms with Gasteiger partial charge in [-0.1, -0.05) is 0 Å². The van der Waals surface area contributed by atoms with Gasteiger partial charge < -0.3 is 19.7 Å². The second kappa shape index (κ2) is 3.66. The molecule has 0 bridgehead atoms. The Morgan fingerprint density at radius 1 is 1.60 bits per heavy atom. The van der Waals surface area contributed by atoms with Crippen LogP contribution in [0.4, 0.5) is 8.78 Å². The molecule has 0 spiro atoms. The highest BCUT2D eigenvalue weighted by Gasteiger charge is 2.53. The molecule has 2 N–H and O–H groups in total. The van der Waals surface area contributed by atoms with Crippen LogP contribution in [0.5, 0.6) is 0 Å². The van der Waals surface area contributed by atoms with Gasteiger partial charge in [-0.05, 0) is 13.8 Å². The maximum Gasteiger partial charge on any atom is 0.377 e. The molecule has 0 aliphatic carbocycles. The molecule has 0 unspecified atom stereocenters. The Kier molecular flexibility index (Phi) is 2.99. The number of rotatable bonds is 3. The lowest BCUT2D eigenvalue weighted by Gasteiger charge is -2.24. The highest BCUT2D eigenvalue weighted by atomic mass is 19.3. The lowest BCUT2D eigenvalue weighted by Crippen LogP contribution is -2.49. The maximum absolute atomic E-state index is 12.9. The quantitative estimate of drug-likeness (QED) is 0.719. The summed E-state index contributed by atoms with van der Waals surface area (Å²) in [5.41, 5.74) is 0. The topological polar surface area (TPSA) is 76.0 Å². The first-order valence-corrected chi connectivity index (χ1v) is 4.28. The number of carboxylic acid groups (broad SMARTS) is 1. The van der Waals surface area contributed by atoms with Crippen LogP contribution in [0.25, 0.3) is 0 Å². The molecular formula is C8H12F2O5. The number of carbonyl (C=O) groups is 1. The lowest BCUT2D eigenvalue weighted by atomic mass is 10.1. The number of aliphatic hydroxyl groups is 1. The summed E-state index contributed by atoms with van der Waals surface area (Å²) in [6, 6.07) is 0. The second-order valence-electron chi connectivity index (χ2n) is 3.74. The Morgan fingerprint density at radius 3 is 2.47 bits per heavy atom. The molecule has 1 fully saturated rings. The number of aliphatic hydroxyl groups excluding tert-OH is 1. The zero-order chi connectivity index (χ0) is 11.9. The normalized spacial score (nSPS) is 27.7. The number of halogens is 2. The van der Waals surface area contributed by atoms with Crippen LogP contribution < -0.4 is 0 Å². The van der Waals surface area contributed by atoms with E-state index in [1.165, 1.54) is 13.8 Å². The van der Waals surface area contributed by atoms with Crippen molar-refractivity contribution in [3.05, 3.63) is 0 Å². The van der Waals surface area contributed by atoms with Crippen LogP contribution in [0.15, 0.2) is 0 Å². The molecule has 0 aromatic heterocycles. The van der Waals surface area contributed by atoms with Crippen LogP contribution in [0.2, 0.25) is 0 Å². The number of carboxylic acids is 1. The van der Waals surface area contributed by atoms with E-state index in [2.05, 4.69) is 0 Å². The summed E-state index contributed by atoms with van der Waals surface area (Å²) in [6.07, 6.45) is -3.76. The van der Waals surface area contributed by atoms with Crippen molar-refractivity contribution in [1.29, 1.82) is 0 Å². The summed E-state index contributed by atoms with van der Waals surface area (Å²) >= 11 is 0. The van der Waals surface area contributed by atoms with Crippen molar-refractivity contribution in [2.75, 3.05) is 6.61 Å². The average molecular weight is 226 g/mol. The summed E-state index contributed by atoms with van der Waals surface area (Å²) in [6.45, 7) is 2.70. The molecule has 0 saturated carbocycles. The van der Waals surface area contributed by atoms with Gasteiger partial charge in [-0.15, -0.1) is 0 Å².